The van der Waals surface area contributed by atoms with Crippen molar-refractivity contribution >= 4 is 0 Å². The maximum atomic E-state index is 5.82. The van der Waals surface area contributed by atoms with Gasteiger partial charge in [0, 0.05) is 26.9 Å². The molecule has 2 aliphatic rings. The van der Waals surface area contributed by atoms with Gasteiger partial charge < -0.3 is 9.47 Å². The SMILES string of the molecule is CCCCOCC1CCC(CCC2CCC(COC)CC2)CC1. The lowest BCUT2D eigenvalue weighted by atomic mass is 9.76. The molecule has 0 aromatic carbocycles. The highest BCUT2D eigenvalue weighted by atomic mass is 16.5. The standard InChI is InChI=1S/C21H40O2/c1-3-4-15-23-17-21-13-9-19(10-14-21)6-5-18-7-11-20(12-8-18)16-22-2/h18-21H,3-17H2,1-2H3. The molecule has 0 radical (unpaired) electrons. The molecule has 0 atom stereocenters. The van der Waals surface area contributed by atoms with Crippen molar-refractivity contribution in [2.24, 2.45) is 23.7 Å². The largest absolute Gasteiger partial charge is 0.384 e. The minimum Gasteiger partial charge on any atom is -0.384 e. The van der Waals surface area contributed by atoms with Gasteiger partial charge in [-0.1, -0.05) is 51.9 Å². The fraction of sp³-hybridized carbons (Fsp3) is 1.00. The molecule has 0 spiro atoms. The molecule has 2 rings (SSSR count). The molecule has 2 saturated carbocycles. The van der Waals surface area contributed by atoms with Crippen LogP contribution in [0.15, 0.2) is 0 Å². The number of hydrogen-bond acceptors (Lipinski definition) is 2. The van der Waals surface area contributed by atoms with Crippen LogP contribution in [-0.2, 0) is 9.47 Å². The Hall–Kier alpha value is -0.0800. The van der Waals surface area contributed by atoms with Crippen molar-refractivity contribution in [3.05, 3.63) is 0 Å². The van der Waals surface area contributed by atoms with Crippen LogP contribution < -0.4 is 0 Å². The highest BCUT2D eigenvalue weighted by Crippen LogP contribution is 2.36. The van der Waals surface area contributed by atoms with Gasteiger partial charge in [-0.2, -0.15) is 0 Å². The van der Waals surface area contributed by atoms with Crippen molar-refractivity contribution in [3.8, 4) is 0 Å². The van der Waals surface area contributed by atoms with E-state index in [1.54, 1.807) is 0 Å². The van der Waals surface area contributed by atoms with Gasteiger partial charge >= 0.3 is 0 Å². The molecular weight excluding hydrogens is 284 g/mol. The van der Waals surface area contributed by atoms with Gasteiger partial charge in [0.15, 0.2) is 0 Å². The zero-order valence-corrected chi connectivity index (χ0v) is 15.7. The van der Waals surface area contributed by atoms with Crippen LogP contribution in [0.25, 0.3) is 0 Å². The number of rotatable bonds is 10. The Morgan fingerprint density at radius 2 is 1.17 bits per heavy atom. The Morgan fingerprint density at radius 1 is 0.696 bits per heavy atom. The van der Waals surface area contributed by atoms with Crippen molar-refractivity contribution in [1.29, 1.82) is 0 Å². The summed E-state index contributed by atoms with van der Waals surface area (Å²) in [5.74, 6) is 3.73. The second-order valence-electron chi connectivity index (χ2n) is 8.23. The zero-order chi connectivity index (χ0) is 16.3. The first-order valence-corrected chi connectivity index (χ1v) is 10.4. The summed E-state index contributed by atoms with van der Waals surface area (Å²) in [5, 5.41) is 0. The third-order valence-electron chi connectivity index (χ3n) is 6.31. The van der Waals surface area contributed by atoms with Crippen LogP contribution in [0.4, 0.5) is 0 Å². The summed E-state index contributed by atoms with van der Waals surface area (Å²) in [7, 11) is 1.84. The van der Waals surface area contributed by atoms with Gasteiger partial charge in [-0.05, 0) is 55.8 Å². The second kappa shape index (κ2) is 11.5. The smallest absolute Gasteiger partial charge is 0.0494 e. The Morgan fingerprint density at radius 3 is 1.65 bits per heavy atom. The molecule has 0 amide bonds. The van der Waals surface area contributed by atoms with Crippen LogP contribution in [0.1, 0.15) is 84.0 Å². The van der Waals surface area contributed by atoms with Gasteiger partial charge in [0.2, 0.25) is 0 Å². The van der Waals surface area contributed by atoms with Crippen LogP contribution in [-0.4, -0.2) is 26.9 Å². The van der Waals surface area contributed by atoms with Gasteiger partial charge in [0.25, 0.3) is 0 Å². The predicted molar refractivity (Wildman–Crippen MR) is 97.7 cm³/mol. The highest BCUT2D eigenvalue weighted by Gasteiger charge is 2.24. The van der Waals surface area contributed by atoms with Crippen molar-refractivity contribution < 1.29 is 9.47 Å². The normalized spacial score (nSPS) is 32.1. The highest BCUT2D eigenvalue weighted by molar-refractivity contribution is 4.76. The summed E-state index contributed by atoms with van der Waals surface area (Å²) < 4.78 is 11.1. The van der Waals surface area contributed by atoms with Crippen molar-refractivity contribution in [3.63, 3.8) is 0 Å². The van der Waals surface area contributed by atoms with E-state index < -0.39 is 0 Å². The third-order valence-corrected chi connectivity index (χ3v) is 6.31. The molecule has 0 heterocycles. The van der Waals surface area contributed by atoms with Crippen LogP contribution in [0.5, 0.6) is 0 Å². The van der Waals surface area contributed by atoms with E-state index in [0.29, 0.717) is 0 Å². The molecule has 2 aliphatic carbocycles. The first-order chi connectivity index (χ1) is 11.3. The molecular formula is C21H40O2. The Kier molecular flexibility index (Phi) is 9.60. The molecule has 0 bridgehead atoms. The van der Waals surface area contributed by atoms with E-state index in [9.17, 15) is 0 Å². The first kappa shape index (κ1) is 19.2. The topological polar surface area (TPSA) is 18.5 Å². The number of ether oxygens (including phenoxy) is 2. The number of methoxy groups -OCH3 is 1. The number of unbranched alkanes of at least 4 members (excludes halogenated alkanes) is 1. The van der Waals surface area contributed by atoms with E-state index in [2.05, 4.69) is 6.92 Å². The summed E-state index contributed by atoms with van der Waals surface area (Å²) in [4.78, 5) is 0. The minimum absolute atomic E-state index is 0.847. The average molecular weight is 325 g/mol. The Labute approximate surface area is 144 Å². The van der Waals surface area contributed by atoms with E-state index in [4.69, 9.17) is 9.47 Å². The molecule has 136 valence electrons. The maximum absolute atomic E-state index is 5.82. The zero-order valence-electron chi connectivity index (χ0n) is 15.7. The summed E-state index contributed by atoms with van der Waals surface area (Å²) in [6.45, 7) is 5.22. The fourth-order valence-corrected chi connectivity index (χ4v) is 4.58. The van der Waals surface area contributed by atoms with Crippen LogP contribution in [0, 0.1) is 23.7 Å². The molecule has 0 aromatic rings. The van der Waals surface area contributed by atoms with Gasteiger partial charge in [0.05, 0.1) is 0 Å². The van der Waals surface area contributed by atoms with Crippen LogP contribution in [0.2, 0.25) is 0 Å². The first-order valence-electron chi connectivity index (χ1n) is 10.4. The molecule has 0 aliphatic heterocycles. The summed E-state index contributed by atoms with van der Waals surface area (Å²) >= 11 is 0. The third kappa shape index (κ3) is 7.56. The molecule has 2 nitrogen and oxygen atoms in total. The molecule has 0 saturated heterocycles. The summed E-state index contributed by atoms with van der Waals surface area (Å²) in [6.07, 6.45) is 16.9. The second-order valence-corrected chi connectivity index (χ2v) is 8.23. The van der Waals surface area contributed by atoms with Crippen LogP contribution >= 0.6 is 0 Å². The van der Waals surface area contributed by atoms with Gasteiger partial charge in [-0.3, -0.25) is 0 Å². The predicted octanol–water partition coefficient (Wildman–Crippen LogP) is 5.84. The molecule has 23 heavy (non-hydrogen) atoms. The lowest BCUT2D eigenvalue weighted by Gasteiger charge is -2.31. The van der Waals surface area contributed by atoms with Gasteiger partial charge in [0.1, 0.15) is 0 Å². The summed E-state index contributed by atoms with van der Waals surface area (Å²) in [5.41, 5.74) is 0. The van der Waals surface area contributed by atoms with E-state index in [1.165, 1.54) is 77.0 Å². The van der Waals surface area contributed by atoms with E-state index >= 15 is 0 Å². The Bertz CT molecular complexity index is 276. The van der Waals surface area contributed by atoms with Crippen molar-refractivity contribution in [2.45, 2.75) is 84.0 Å². The molecule has 0 aromatic heterocycles. The molecule has 2 heteroatoms. The van der Waals surface area contributed by atoms with Crippen molar-refractivity contribution in [2.75, 3.05) is 26.9 Å². The van der Waals surface area contributed by atoms with Gasteiger partial charge in [-0.25, -0.2) is 0 Å². The molecule has 0 unspecified atom stereocenters. The Balaban J connectivity index is 1.50. The maximum Gasteiger partial charge on any atom is 0.0494 e. The quantitative estimate of drug-likeness (QED) is 0.470. The van der Waals surface area contributed by atoms with E-state index in [0.717, 1.165) is 43.5 Å². The monoisotopic (exact) mass is 324 g/mol. The summed E-state index contributed by atoms with van der Waals surface area (Å²) in [6, 6.07) is 0. The van der Waals surface area contributed by atoms with Crippen LogP contribution in [0.3, 0.4) is 0 Å². The van der Waals surface area contributed by atoms with Gasteiger partial charge in [-0.15, -0.1) is 0 Å². The fourth-order valence-electron chi connectivity index (χ4n) is 4.58. The minimum atomic E-state index is 0.847. The molecule has 2 fully saturated rings. The van der Waals surface area contributed by atoms with Crippen molar-refractivity contribution in [1.82, 2.24) is 0 Å². The van der Waals surface area contributed by atoms with E-state index in [-0.39, 0.29) is 0 Å². The average Bonchev–Trinajstić information content (AvgIpc) is 2.59. The van der Waals surface area contributed by atoms with E-state index in [1.807, 2.05) is 7.11 Å². The lowest BCUT2D eigenvalue weighted by Crippen LogP contribution is -2.21. The molecule has 0 N–H and O–H groups in total. The number of hydrogen-bond donors (Lipinski definition) is 0. The lowest BCUT2D eigenvalue weighted by molar-refractivity contribution is 0.0737.